The van der Waals surface area contributed by atoms with Crippen LogP contribution in [0.25, 0.3) is 10.8 Å². The number of anilines is 1. The molecular formula is C13H11NO3. The number of carbonyl (C=O) groups excluding carboxylic acids is 1. The molecule has 0 spiro atoms. The molecule has 0 heterocycles. The van der Waals surface area contributed by atoms with Crippen molar-refractivity contribution in [2.24, 2.45) is 0 Å². The highest BCUT2D eigenvalue weighted by Crippen LogP contribution is 2.20. The highest BCUT2D eigenvalue weighted by molar-refractivity contribution is 5.97. The fourth-order valence-electron chi connectivity index (χ4n) is 1.66. The van der Waals surface area contributed by atoms with Crippen LogP contribution in [0.1, 0.15) is 17.3 Å². The van der Waals surface area contributed by atoms with Crippen LogP contribution in [0, 0.1) is 0 Å². The molecule has 17 heavy (non-hydrogen) atoms. The lowest BCUT2D eigenvalue weighted by atomic mass is 10.1. The number of carboxylic acids is 1. The number of fused-ring (bicyclic) bond motifs is 1. The summed E-state index contributed by atoms with van der Waals surface area (Å²) in [6.45, 7) is 1.43. The van der Waals surface area contributed by atoms with E-state index in [1.807, 2.05) is 6.07 Å². The van der Waals surface area contributed by atoms with Crippen LogP contribution in [0.15, 0.2) is 36.4 Å². The van der Waals surface area contributed by atoms with Gasteiger partial charge >= 0.3 is 5.97 Å². The van der Waals surface area contributed by atoms with Crippen LogP contribution in [0.4, 0.5) is 5.69 Å². The molecule has 4 heteroatoms. The zero-order chi connectivity index (χ0) is 12.4. The quantitative estimate of drug-likeness (QED) is 0.831. The number of rotatable bonds is 2. The van der Waals surface area contributed by atoms with Gasteiger partial charge in [-0.2, -0.15) is 0 Å². The SMILES string of the molecule is CC(=O)Nc1ccc2ccc(C(=O)O)cc2c1. The van der Waals surface area contributed by atoms with Gasteiger partial charge in [0.2, 0.25) is 5.91 Å². The normalized spacial score (nSPS) is 10.2. The zero-order valence-electron chi connectivity index (χ0n) is 9.23. The molecule has 2 aromatic rings. The van der Waals surface area contributed by atoms with Gasteiger partial charge in [0.05, 0.1) is 5.56 Å². The molecule has 2 rings (SSSR count). The van der Waals surface area contributed by atoms with Crippen molar-refractivity contribution >= 4 is 28.3 Å². The van der Waals surface area contributed by atoms with Gasteiger partial charge in [-0.3, -0.25) is 4.79 Å². The van der Waals surface area contributed by atoms with Gasteiger partial charge in [0.25, 0.3) is 0 Å². The lowest BCUT2D eigenvalue weighted by Crippen LogP contribution is -2.05. The molecule has 0 aliphatic heterocycles. The molecule has 2 aromatic carbocycles. The Kier molecular flexibility index (Phi) is 2.78. The summed E-state index contributed by atoms with van der Waals surface area (Å²) < 4.78 is 0. The average Bonchev–Trinajstić information content (AvgIpc) is 2.27. The first-order chi connectivity index (χ1) is 8.06. The minimum Gasteiger partial charge on any atom is -0.478 e. The third kappa shape index (κ3) is 2.42. The van der Waals surface area contributed by atoms with Gasteiger partial charge in [-0.05, 0) is 35.0 Å². The number of carbonyl (C=O) groups is 2. The number of carboxylic acid groups (broad SMARTS) is 1. The third-order valence-corrected chi connectivity index (χ3v) is 2.41. The first-order valence-corrected chi connectivity index (χ1v) is 5.11. The van der Waals surface area contributed by atoms with Crippen LogP contribution in [0.5, 0.6) is 0 Å². The molecule has 4 nitrogen and oxygen atoms in total. The molecule has 86 valence electrons. The predicted octanol–water partition coefficient (Wildman–Crippen LogP) is 2.50. The van der Waals surface area contributed by atoms with Crippen molar-refractivity contribution in [1.82, 2.24) is 0 Å². The summed E-state index contributed by atoms with van der Waals surface area (Å²) in [6.07, 6.45) is 0. The highest BCUT2D eigenvalue weighted by Gasteiger charge is 2.04. The fraction of sp³-hybridized carbons (Fsp3) is 0.0769. The van der Waals surface area contributed by atoms with Crippen LogP contribution < -0.4 is 5.32 Å². The van der Waals surface area contributed by atoms with Crippen molar-refractivity contribution in [2.45, 2.75) is 6.92 Å². The van der Waals surface area contributed by atoms with Crippen LogP contribution >= 0.6 is 0 Å². The summed E-state index contributed by atoms with van der Waals surface area (Å²) in [7, 11) is 0. The molecule has 1 amide bonds. The van der Waals surface area contributed by atoms with Crippen LogP contribution in [0.2, 0.25) is 0 Å². The predicted molar refractivity (Wildman–Crippen MR) is 65.2 cm³/mol. The first kappa shape index (κ1) is 11.1. The molecule has 0 aliphatic carbocycles. The van der Waals surface area contributed by atoms with Gasteiger partial charge in [-0.1, -0.05) is 12.1 Å². The van der Waals surface area contributed by atoms with Crippen LogP contribution in [-0.4, -0.2) is 17.0 Å². The minimum atomic E-state index is -0.961. The number of amides is 1. The third-order valence-electron chi connectivity index (χ3n) is 2.41. The van der Waals surface area contributed by atoms with E-state index in [1.54, 1.807) is 30.3 Å². The number of aromatic carboxylic acids is 1. The smallest absolute Gasteiger partial charge is 0.335 e. The molecule has 0 fully saturated rings. The highest BCUT2D eigenvalue weighted by atomic mass is 16.4. The van der Waals surface area contributed by atoms with Crippen molar-refractivity contribution in [1.29, 1.82) is 0 Å². The topological polar surface area (TPSA) is 66.4 Å². The van der Waals surface area contributed by atoms with E-state index in [-0.39, 0.29) is 11.5 Å². The minimum absolute atomic E-state index is 0.154. The Morgan fingerprint density at radius 2 is 1.76 bits per heavy atom. The second kappa shape index (κ2) is 4.25. The second-order valence-corrected chi connectivity index (χ2v) is 3.76. The van der Waals surface area contributed by atoms with E-state index in [2.05, 4.69) is 5.32 Å². The van der Waals surface area contributed by atoms with E-state index in [0.717, 1.165) is 10.8 Å². The summed E-state index contributed by atoms with van der Waals surface area (Å²) in [6, 6.07) is 10.3. The van der Waals surface area contributed by atoms with Crippen molar-refractivity contribution in [3.05, 3.63) is 42.0 Å². The van der Waals surface area contributed by atoms with Crippen LogP contribution in [0.3, 0.4) is 0 Å². The van der Waals surface area contributed by atoms with Crippen molar-refractivity contribution in [2.75, 3.05) is 5.32 Å². The van der Waals surface area contributed by atoms with E-state index in [1.165, 1.54) is 6.92 Å². The Morgan fingerprint density at radius 1 is 1.06 bits per heavy atom. The Labute approximate surface area is 97.9 Å². The van der Waals surface area contributed by atoms with E-state index < -0.39 is 5.97 Å². The molecule has 0 saturated carbocycles. The van der Waals surface area contributed by atoms with Crippen molar-refractivity contribution in [3.63, 3.8) is 0 Å². The van der Waals surface area contributed by atoms with E-state index in [0.29, 0.717) is 5.69 Å². The molecule has 0 unspecified atom stereocenters. The number of benzene rings is 2. The average molecular weight is 229 g/mol. The monoisotopic (exact) mass is 229 g/mol. The largest absolute Gasteiger partial charge is 0.478 e. The van der Waals surface area contributed by atoms with Gasteiger partial charge < -0.3 is 10.4 Å². The summed E-state index contributed by atoms with van der Waals surface area (Å²) in [5, 5.41) is 13.3. The molecule has 0 saturated heterocycles. The molecular weight excluding hydrogens is 218 g/mol. The van der Waals surface area contributed by atoms with Gasteiger partial charge in [-0.15, -0.1) is 0 Å². The van der Waals surface area contributed by atoms with Gasteiger partial charge in [0, 0.05) is 12.6 Å². The standard InChI is InChI=1S/C13H11NO3/c1-8(15)14-12-5-4-9-2-3-10(13(16)17)6-11(9)7-12/h2-7H,1H3,(H,14,15)(H,16,17). The molecule has 2 N–H and O–H groups in total. The maximum Gasteiger partial charge on any atom is 0.335 e. The van der Waals surface area contributed by atoms with Crippen LogP contribution in [-0.2, 0) is 4.79 Å². The second-order valence-electron chi connectivity index (χ2n) is 3.76. The Morgan fingerprint density at radius 3 is 2.41 bits per heavy atom. The molecule has 0 aliphatic rings. The van der Waals surface area contributed by atoms with E-state index in [4.69, 9.17) is 5.11 Å². The van der Waals surface area contributed by atoms with Gasteiger partial charge in [0.15, 0.2) is 0 Å². The van der Waals surface area contributed by atoms with Crippen molar-refractivity contribution < 1.29 is 14.7 Å². The van der Waals surface area contributed by atoms with Crippen molar-refractivity contribution in [3.8, 4) is 0 Å². The van der Waals surface area contributed by atoms with E-state index in [9.17, 15) is 9.59 Å². The molecule has 0 atom stereocenters. The maximum absolute atomic E-state index is 10.9. The summed E-state index contributed by atoms with van der Waals surface area (Å²) >= 11 is 0. The summed E-state index contributed by atoms with van der Waals surface area (Å²) in [5.41, 5.74) is 0.894. The Bertz CT molecular complexity index is 605. The molecule has 0 bridgehead atoms. The Hall–Kier alpha value is -2.36. The van der Waals surface area contributed by atoms with Gasteiger partial charge in [0.1, 0.15) is 0 Å². The molecule has 0 radical (unpaired) electrons. The summed E-state index contributed by atoms with van der Waals surface area (Å²) in [4.78, 5) is 21.8. The first-order valence-electron chi connectivity index (χ1n) is 5.11. The van der Waals surface area contributed by atoms with E-state index >= 15 is 0 Å². The molecule has 0 aromatic heterocycles. The zero-order valence-corrected chi connectivity index (χ0v) is 9.23. The lowest BCUT2D eigenvalue weighted by Gasteiger charge is -2.04. The number of hydrogen-bond donors (Lipinski definition) is 2. The summed E-state index contributed by atoms with van der Waals surface area (Å²) in [5.74, 6) is -1.12. The number of nitrogens with one attached hydrogen (secondary N) is 1. The lowest BCUT2D eigenvalue weighted by molar-refractivity contribution is -0.114. The number of hydrogen-bond acceptors (Lipinski definition) is 2. The fourth-order valence-corrected chi connectivity index (χ4v) is 1.66. The Balaban J connectivity index is 2.50. The maximum atomic E-state index is 10.9. The van der Waals surface area contributed by atoms with Gasteiger partial charge in [-0.25, -0.2) is 4.79 Å².